The van der Waals surface area contributed by atoms with Crippen LogP contribution in [0.15, 0.2) is 6.07 Å². The molecule has 2 N–H and O–H groups in total. The highest BCUT2D eigenvalue weighted by atomic mass is 16.5. The highest BCUT2D eigenvalue weighted by molar-refractivity contribution is 5.56. The Morgan fingerprint density at radius 1 is 1.06 bits per heavy atom. The number of hydrogen-bond donors (Lipinski definition) is 1. The molecule has 0 aliphatic heterocycles. The van der Waals surface area contributed by atoms with E-state index >= 15 is 0 Å². The lowest BCUT2D eigenvalue weighted by Crippen LogP contribution is -2.34. The van der Waals surface area contributed by atoms with Crippen LogP contribution in [0.5, 0.6) is 11.5 Å². The summed E-state index contributed by atoms with van der Waals surface area (Å²) in [5.74, 6) is 1.64. The van der Waals surface area contributed by atoms with E-state index in [1.54, 1.807) is 14.2 Å². The maximum atomic E-state index is 6.57. The van der Waals surface area contributed by atoms with Gasteiger partial charge in [0, 0.05) is 5.54 Å². The van der Waals surface area contributed by atoms with Crippen LogP contribution in [-0.2, 0) is 5.54 Å². The summed E-state index contributed by atoms with van der Waals surface area (Å²) < 4.78 is 10.9. The van der Waals surface area contributed by atoms with E-state index in [2.05, 4.69) is 13.0 Å². The molecule has 0 bridgehead atoms. The Balaban J connectivity index is 2.59. The fraction of sp³-hybridized carbons (Fsp3) is 0.600. The lowest BCUT2D eigenvalue weighted by atomic mass is 9.84. The van der Waals surface area contributed by atoms with Gasteiger partial charge in [-0.25, -0.2) is 0 Å². The first-order valence-corrected chi connectivity index (χ1v) is 6.55. The summed E-state index contributed by atoms with van der Waals surface area (Å²) in [5, 5.41) is 0. The summed E-state index contributed by atoms with van der Waals surface area (Å²) in [6.07, 6.45) is 4.54. The molecule has 1 aliphatic rings. The van der Waals surface area contributed by atoms with E-state index in [0.29, 0.717) is 0 Å². The molecular formula is C15H23NO2. The second-order valence-corrected chi connectivity index (χ2v) is 5.30. The quantitative estimate of drug-likeness (QED) is 0.895. The van der Waals surface area contributed by atoms with Gasteiger partial charge in [0.15, 0.2) is 11.5 Å². The number of rotatable bonds is 3. The van der Waals surface area contributed by atoms with Crippen LogP contribution in [0.3, 0.4) is 0 Å². The van der Waals surface area contributed by atoms with Gasteiger partial charge in [-0.3, -0.25) is 0 Å². The first-order valence-electron chi connectivity index (χ1n) is 6.55. The van der Waals surface area contributed by atoms with Gasteiger partial charge in [-0.15, -0.1) is 0 Å². The zero-order chi connectivity index (χ0) is 13.3. The Morgan fingerprint density at radius 3 is 2.11 bits per heavy atom. The maximum absolute atomic E-state index is 6.57. The van der Waals surface area contributed by atoms with Crippen LogP contribution >= 0.6 is 0 Å². The molecule has 0 amide bonds. The molecule has 2 rings (SSSR count). The van der Waals surface area contributed by atoms with Crippen LogP contribution < -0.4 is 15.2 Å². The number of methoxy groups -OCH3 is 2. The first-order chi connectivity index (χ1) is 8.53. The third-order valence-corrected chi connectivity index (χ3v) is 4.11. The zero-order valence-corrected chi connectivity index (χ0v) is 11.8. The number of benzene rings is 1. The van der Waals surface area contributed by atoms with E-state index < -0.39 is 0 Å². The highest BCUT2D eigenvalue weighted by Gasteiger charge is 2.34. The van der Waals surface area contributed by atoms with Gasteiger partial charge in [-0.05, 0) is 43.4 Å². The van der Waals surface area contributed by atoms with E-state index in [1.807, 2.05) is 6.92 Å². The molecule has 100 valence electrons. The van der Waals surface area contributed by atoms with Crippen molar-refractivity contribution in [2.75, 3.05) is 14.2 Å². The van der Waals surface area contributed by atoms with Gasteiger partial charge >= 0.3 is 0 Å². The molecule has 3 nitrogen and oxygen atoms in total. The molecule has 1 saturated carbocycles. The third kappa shape index (κ3) is 1.97. The van der Waals surface area contributed by atoms with Crippen molar-refractivity contribution in [3.63, 3.8) is 0 Å². The Bertz CT molecular complexity index is 448. The van der Waals surface area contributed by atoms with Gasteiger partial charge in [-0.2, -0.15) is 0 Å². The number of aryl methyl sites for hydroxylation is 1. The normalized spacial score (nSPS) is 17.8. The van der Waals surface area contributed by atoms with Gasteiger partial charge in [0.2, 0.25) is 0 Å². The molecule has 0 saturated heterocycles. The van der Waals surface area contributed by atoms with Crippen molar-refractivity contribution in [3.05, 3.63) is 22.8 Å². The zero-order valence-electron chi connectivity index (χ0n) is 11.8. The van der Waals surface area contributed by atoms with Crippen molar-refractivity contribution in [3.8, 4) is 11.5 Å². The second-order valence-electron chi connectivity index (χ2n) is 5.30. The van der Waals surface area contributed by atoms with Gasteiger partial charge in [-0.1, -0.05) is 18.9 Å². The van der Waals surface area contributed by atoms with Gasteiger partial charge in [0.1, 0.15) is 0 Å². The van der Waals surface area contributed by atoms with Gasteiger partial charge in [0.25, 0.3) is 0 Å². The summed E-state index contributed by atoms with van der Waals surface area (Å²) in [4.78, 5) is 0. The predicted molar refractivity (Wildman–Crippen MR) is 73.4 cm³/mol. The number of hydrogen-bond acceptors (Lipinski definition) is 3. The first kappa shape index (κ1) is 13.2. The SMILES string of the molecule is COc1c(C)cc(C2(N)CCCC2)c(C)c1OC. The molecule has 1 aromatic rings. The molecule has 0 spiro atoms. The standard InChI is InChI=1S/C15H23NO2/c1-10-9-12(15(16)7-5-6-8-15)11(2)14(18-4)13(10)17-3/h9H,5-8,16H2,1-4H3. The molecule has 0 atom stereocenters. The Hall–Kier alpha value is -1.22. The van der Waals surface area contributed by atoms with Crippen molar-refractivity contribution in [2.24, 2.45) is 5.73 Å². The highest BCUT2D eigenvalue weighted by Crippen LogP contribution is 2.44. The molecule has 0 unspecified atom stereocenters. The summed E-state index contributed by atoms with van der Waals surface area (Å²) in [6, 6.07) is 2.17. The molecular weight excluding hydrogens is 226 g/mol. The topological polar surface area (TPSA) is 44.5 Å². The van der Waals surface area contributed by atoms with Crippen LogP contribution in [0.25, 0.3) is 0 Å². The minimum Gasteiger partial charge on any atom is -0.493 e. The van der Waals surface area contributed by atoms with Crippen molar-refractivity contribution >= 4 is 0 Å². The average molecular weight is 249 g/mol. The monoisotopic (exact) mass is 249 g/mol. The van der Waals surface area contributed by atoms with Crippen molar-refractivity contribution in [1.82, 2.24) is 0 Å². The van der Waals surface area contributed by atoms with Crippen LogP contribution in [0.4, 0.5) is 0 Å². The number of ether oxygens (including phenoxy) is 2. The summed E-state index contributed by atoms with van der Waals surface area (Å²) >= 11 is 0. The summed E-state index contributed by atoms with van der Waals surface area (Å²) in [6.45, 7) is 4.12. The Morgan fingerprint density at radius 2 is 1.61 bits per heavy atom. The lowest BCUT2D eigenvalue weighted by molar-refractivity contribution is 0.347. The van der Waals surface area contributed by atoms with Gasteiger partial charge in [0.05, 0.1) is 14.2 Å². The summed E-state index contributed by atoms with van der Waals surface area (Å²) in [7, 11) is 3.36. The molecule has 0 radical (unpaired) electrons. The molecule has 1 aliphatic carbocycles. The maximum Gasteiger partial charge on any atom is 0.164 e. The van der Waals surface area contributed by atoms with Gasteiger partial charge < -0.3 is 15.2 Å². The molecule has 0 aromatic heterocycles. The van der Waals surface area contributed by atoms with E-state index in [4.69, 9.17) is 15.2 Å². The van der Waals surface area contributed by atoms with Crippen LogP contribution in [-0.4, -0.2) is 14.2 Å². The molecule has 3 heteroatoms. The largest absolute Gasteiger partial charge is 0.493 e. The van der Waals surface area contributed by atoms with E-state index in [9.17, 15) is 0 Å². The van der Waals surface area contributed by atoms with Crippen LogP contribution in [0, 0.1) is 13.8 Å². The number of nitrogens with two attached hydrogens (primary N) is 1. The predicted octanol–water partition coefficient (Wildman–Crippen LogP) is 3.05. The van der Waals surface area contributed by atoms with E-state index in [0.717, 1.165) is 35.5 Å². The third-order valence-electron chi connectivity index (χ3n) is 4.11. The molecule has 1 fully saturated rings. The minimum atomic E-state index is -0.186. The fourth-order valence-electron chi connectivity index (χ4n) is 3.15. The lowest BCUT2D eigenvalue weighted by Gasteiger charge is -2.28. The van der Waals surface area contributed by atoms with Crippen molar-refractivity contribution in [2.45, 2.75) is 45.1 Å². The Kier molecular flexibility index (Phi) is 3.53. The van der Waals surface area contributed by atoms with Crippen LogP contribution in [0.2, 0.25) is 0 Å². The van der Waals surface area contributed by atoms with Crippen LogP contribution in [0.1, 0.15) is 42.4 Å². The molecule has 18 heavy (non-hydrogen) atoms. The average Bonchev–Trinajstić information content (AvgIpc) is 2.79. The second kappa shape index (κ2) is 4.81. The molecule has 0 heterocycles. The van der Waals surface area contributed by atoms with E-state index in [-0.39, 0.29) is 5.54 Å². The molecule has 1 aromatic carbocycles. The smallest absolute Gasteiger partial charge is 0.164 e. The fourth-order valence-corrected chi connectivity index (χ4v) is 3.15. The Labute approximate surface area is 109 Å². The van der Waals surface area contributed by atoms with Crippen molar-refractivity contribution < 1.29 is 9.47 Å². The summed E-state index contributed by atoms with van der Waals surface area (Å²) in [5.41, 5.74) is 9.81. The minimum absolute atomic E-state index is 0.186. The van der Waals surface area contributed by atoms with E-state index in [1.165, 1.54) is 18.4 Å². The van der Waals surface area contributed by atoms with Crippen molar-refractivity contribution in [1.29, 1.82) is 0 Å².